The summed E-state index contributed by atoms with van der Waals surface area (Å²) in [4.78, 5) is 26.0. The molecule has 0 spiro atoms. The van der Waals surface area contributed by atoms with Gasteiger partial charge in [0.2, 0.25) is 5.91 Å². The molecule has 1 N–H and O–H groups in total. The molecule has 1 aliphatic carbocycles. The molecule has 0 radical (unpaired) electrons. The molecule has 33 heavy (non-hydrogen) atoms. The predicted octanol–water partition coefficient (Wildman–Crippen LogP) is 3.73. The number of hydrogen-bond acceptors (Lipinski definition) is 6. The van der Waals surface area contributed by atoms with Crippen LogP contribution in [-0.2, 0) is 24.3 Å². The molecule has 7 nitrogen and oxygen atoms in total. The van der Waals surface area contributed by atoms with Gasteiger partial charge in [-0.15, -0.1) is 0 Å². The molecule has 0 bridgehead atoms. The van der Waals surface area contributed by atoms with Gasteiger partial charge in [0.05, 0.1) is 11.8 Å². The number of anilines is 1. The van der Waals surface area contributed by atoms with Crippen LogP contribution < -0.4 is 10.1 Å². The summed E-state index contributed by atoms with van der Waals surface area (Å²) in [6.07, 6.45) is 7.16. The first-order valence-electron chi connectivity index (χ1n) is 12.4. The number of amides is 1. The number of ether oxygens (including phenoxy) is 1. The highest BCUT2D eigenvalue weighted by Gasteiger charge is 2.30. The van der Waals surface area contributed by atoms with Gasteiger partial charge in [-0.25, -0.2) is 9.97 Å². The molecule has 3 heterocycles. The van der Waals surface area contributed by atoms with Crippen LogP contribution in [0.15, 0.2) is 24.3 Å². The van der Waals surface area contributed by atoms with Gasteiger partial charge in [-0.05, 0) is 49.8 Å². The van der Waals surface area contributed by atoms with Crippen LogP contribution in [0, 0.1) is 0 Å². The average Bonchev–Trinajstić information content (AvgIpc) is 3.51. The molecule has 1 aromatic carbocycles. The maximum atomic E-state index is 11.7. The quantitative estimate of drug-likeness (QED) is 0.725. The summed E-state index contributed by atoms with van der Waals surface area (Å²) >= 11 is 0. The van der Waals surface area contributed by atoms with Gasteiger partial charge in [0.1, 0.15) is 17.4 Å². The number of carbonyl (C=O) groups is 1. The number of benzene rings is 1. The van der Waals surface area contributed by atoms with Crippen molar-refractivity contribution in [1.82, 2.24) is 19.8 Å². The van der Waals surface area contributed by atoms with Gasteiger partial charge >= 0.3 is 0 Å². The molecular weight excluding hydrogens is 414 g/mol. The summed E-state index contributed by atoms with van der Waals surface area (Å²) in [5, 5.41) is 3.31. The number of carbonyl (C=O) groups excluding carboxylic acids is 1. The molecule has 1 saturated heterocycles. The first-order valence-corrected chi connectivity index (χ1v) is 12.4. The zero-order chi connectivity index (χ0) is 22.8. The minimum absolute atomic E-state index is 0.137. The van der Waals surface area contributed by atoms with Gasteiger partial charge in [-0.3, -0.25) is 9.69 Å². The highest BCUT2D eigenvalue weighted by Crippen LogP contribution is 2.31. The number of hydrogen-bond donors (Lipinski definition) is 1. The molecule has 1 amide bonds. The number of rotatable bonds is 6. The molecule has 5 rings (SSSR count). The Kier molecular flexibility index (Phi) is 6.49. The molecule has 1 atom stereocenters. The number of aromatic nitrogens is 2. The molecule has 2 fully saturated rings. The van der Waals surface area contributed by atoms with Crippen molar-refractivity contribution in [2.24, 2.45) is 0 Å². The Morgan fingerprint density at radius 2 is 2.03 bits per heavy atom. The van der Waals surface area contributed by atoms with Gasteiger partial charge < -0.3 is 15.0 Å². The van der Waals surface area contributed by atoms with Crippen molar-refractivity contribution in [2.45, 2.75) is 70.6 Å². The van der Waals surface area contributed by atoms with E-state index in [4.69, 9.17) is 14.7 Å². The lowest BCUT2D eigenvalue weighted by Crippen LogP contribution is -2.32. The Bertz CT molecular complexity index is 987. The van der Waals surface area contributed by atoms with E-state index in [1.54, 1.807) is 6.92 Å². The van der Waals surface area contributed by atoms with E-state index in [-0.39, 0.29) is 11.8 Å². The monoisotopic (exact) mass is 449 g/mol. The summed E-state index contributed by atoms with van der Waals surface area (Å²) in [6, 6.07) is 8.58. The van der Waals surface area contributed by atoms with E-state index in [9.17, 15) is 4.79 Å². The van der Waals surface area contributed by atoms with E-state index in [2.05, 4.69) is 34.5 Å². The fourth-order valence-corrected chi connectivity index (χ4v) is 5.44. The van der Waals surface area contributed by atoms with Gasteiger partial charge in [0.25, 0.3) is 0 Å². The number of nitrogens with one attached hydrogen (secondary N) is 1. The Morgan fingerprint density at radius 1 is 1.18 bits per heavy atom. The Labute approximate surface area is 196 Å². The molecule has 1 aromatic heterocycles. The first-order chi connectivity index (χ1) is 16.1. The molecule has 176 valence electrons. The zero-order valence-corrected chi connectivity index (χ0v) is 19.8. The Morgan fingerprint density at radius 3 is 2.79 bits per heavy atom. The summed E-state index contributed by atoms with van der Waals surface area (Å²) in [5.41, 5.74) is 3.64. The normalized spacial score (nSPS) is 21.3. The fraction of sp³-hybridized carbons (Fsp3) is 0.577. The third-order valence-electron chi connectivity index (χ3n) is 7.30. The topological polar surface area (TPSA) is 70.6 Å². The Balaban J connectivity index is 1.27. The average molecular weight is 450 g/mol. The first kappa shape index (κ1) is 22.1. The maximum Gasteiger partial charge on any atom is 0.219 e. The maximum absolute atomic E-state index is 11.7. The lowest BCUT2D eigenvalue weighted by Gasteiger charge is -2.30. The van der Waals surface area contributed by atoms with Crippen LogP contribution in [0.25, 0.3) is 0 Å². The van der Waals surface area contributed by atoms with E-state index in [1.807, 2.05) is 11.9 Å². The molecule has 7 heteroatoms. The van der Waals surface area contributed by atoms with E-state index < -0.39 is 0 Å². The van der Waals surface area contributed by atoms with Crippen molar-refractivity contribution in [1.29, 1.82) is 0 Å². The lowest BCUT2D eigenvalue weighted by molar-refractivity contribution is -0.127. The second-order valence-electron chi connectivity index (χ2n) is 9.69. The van der Waals surface area contributed by atoms with E-state index in [0.717, 1.165) is 68.7 Å². The van der Waals surface area contributed by atoms with Crippen molar-refractivity contribution in [3.05, 3.63) is 46.9 Å². The minimum atomic E-state index is 0.137. The van der Waals surface area contributed by atoms with Crippen LogP contribution in [0.4, 0.5) is 5.82 Å². The third kappa shape index (κ3) is 4.98. The molecule has 2 aliphatic heterocycles. The Hall–Kier alpha value is -2.67. The zero-order valence-electron chi connectivity index (χ0n) is 19.8. The summed E-state index contributed by atoms with van der Waals surface area (Å²) in [6.45, 7) is 5.87. The summed E-state index contributed by atoms with van der Waals surface area (Å²) in [7, 11) is 1.94. The van der Waals surface area contributed by atoms with Gasteiger partial charge in [0.15, 0.2) is 0 Å². The van der Waals surface area contributed by atoms with Crippen LogP contribution >= 0.6 is 0 Å². The number of nitrogens with zero attached hydrogens (tertiary/aromatic N) is 4. The van der Waals surface area contributed by atoms with Gasteiger partial charge in [-0.2, -0.15) is 0 Å². The van der Waals surface area contributed by atoms with E-state index in [1.165, 1.54) is 36.8 Å². The van der Waals surface area contributed by atoms with Crippen molar-refractivity contribution in [3.8, 4) is 5.75 Å². The largest absolute Gasteiger partial charge is 0.490 e. The minimum Gasteiger partial charge on any atom is -0.490 e. The molecular formula is C26H35N5O2. The van der Waals surface area contributed by atoms with Gasteiger partial charge in [-0.1, -0.05) is 12.1 Å². The predicted molar refractivity (Wildman–Crippen MR) is 128 cm³/mol. The third-order valence-corrected chi connectivity index (χ3v) is 7.30. The van der Waals surface area contributed by atoms with Crippen LogP contribution in [0.2, 0.25) is 0 Å². The smallest absolute Gasteiger partial charge is 0.219 e. The van der Waals surface area contributed by atoms with Crippen LogP contribution in [0.5, 0.6) is 5.75 Å². The SMILES string of the molecule is CNc1nc([C@H]2CCN(C(C)=O)C2)nc2c1CN(Cc1cccc(OC3CCCC3)c1)CC2. The summed E-state index contributed by atoms with van der Waals surface area (Å²) in [5.74, 6) is 3.17. The molecule has 2 aromatic rings. The van der Waals surface area contributed by atoms with E-state index in [0.29, 0.717) is 6.10 Å². The van der Waals surface area contributed by atoms with Crippen molar-refractivity contribution in [2.75, 3.05) is 32.0 Å². The molecule has 0 unspecified atom stereocenters. The highest BCUT2D eigenvalue weighted by molar-refractivity contribution is 5.73. The number of fused-ring (bicyclic) bond motifs is 1. The van der Waals surface area contributed by atoms with Crippen LogP contribution in [0.3, 0.4) is 0 Å². The highest BCUT2D eigenvalue weighted by atomic mass is 16.5. The standard InChI is InChI=1S/C26H35N5O2/c1-18(32)31-13-10-20(16-31)25-28-24-11-12-30(17-23(24)26(27-2)29-25)15-19-6-5-9-22(14-19)33-21-7-3-4-8-21/h5-6,9,14,20-21H,3-4,7-8,10-13,15-17H2,1-2H3,(H,27,28,29)/t20-/m0/s1. The lowest BCUT2D eigenvalue weighted by atomic mass is 10.0. The van der Waals surface area contributed by atoms with Crippen molar-refractivity contribution >= 4 is 11.7 Å². The second-order valence-corrected chi connectivity index (χ2v) is 9.69. The van der Waals surface area contributed by atoms with Crippen molar-refractivity contribution in [3.63, 3.8) is 0 Å². The number of likely N-dealkylation sites (tertiary alicyclic amines) is 1. The van der Waals surface area contributed by atoms with Crippen LogP contribution in [-0.4, -0.2) is 58.5 Å². The second kappa shape index (κ2) is 9.67. The van der Waals surface area contributed by atoms with Crippen LogP contribution in [0.1, 0.15) is 67.6 Å². The van der Waals surface area contributed by atoms with Gasteiger partial charge in [0, 0.05) is 64.6 Å². The van der Waals surface area contributed by atoms with Crippen molar-refractivity contribution < 1.29 is 9.53 Å². The molecule has 3 aliphatic rings. The van der Waals surface area contributed by atoms with E-state index >= 15 is 0 Å². The molecule has 1 saturated carbocycles. The summed E-state index contributed by atoms with van der Waals surface area (Å²) < 4.78 is 6.21. The fourth-order valence-electron chi connectivity index (χ4n) is 5.44.